The SMILES string of the molecule is COc1ccc2[nH]cc(CCN3C(=O)C(O)=C(C(C)=O)C3c3cccc(F)c3)c2c1. The number of aromatic nitrogens is 1. The van der Waals surface area contributed by atoms with Crippen LogP contribution in [0.4, 0.5) is 4.39 Å². The van der Waals surface area contributed by atoms with Gasteiger partial charge in [0.25, 0.3) is 5.91 Å². The number of nitrogens with zero attached hydrogens (tertiary/aromatic N) is 1. The predicted octanol–water partition coefficient (Wildman–Crippen LogP) is 3.84. The van der Waals surface area contributed by atoms with E-state index in [-0.39, 0.29) is 12.1 Å². The van der Waals surface area contributed by atoms with Gasteiger partial charge in [-0.15, -0.1) is 0 Å². The number of aliphatic hydroxyl groups is 1. The Morgan fingerprint density at radius 2 is 2.07 bits per heavy atom. The topological polar surface area (TPSA) is 82.6 Å². The molecular weight excluding hydrogens is 387 g/mol. The van der Waals surface area contributed by atoms with E-state index in [0.29, 0.717) is 12.0 Å². The molecule has 154 valence electrons. The van der Waals surface area contributed by atoms with Gasteiger partial charge in [-0.25, -0.2) is 4.39 Å². The lowest BCUT2D eigenvalue weighted by molar-refractivity contribution is -0.129. The molecule has 3 aromatic rings. The highest BCUT2D eigenvalue weighted by atomic mass is 19.1. The number of fused-ring (bicyclic) bond motifs is 1. The minimum absolute atomic E-state index is 0.00815. The van der Waals surface area contributed by atoms with Crippen LogP contribution in [0.3, 0.4) is 0 Å². The molecule has 1 atom stereocenters. The van der Waals surface area contributed by atoms with Crippen molar-refractivity contribution in [2.24, 2.45) is 0 Å². The summed E-state index contributed by atoms with van der Waals surface area (Å²) in [5.41, 5.74) is 2.33. The van der Waals surface area contributed by atoms with Gasteiger partial charge >= 0.3 is 0 Å². The van der Waals surface area contributed by atoms with Gasteiger partial charge < -0.3 is 19.7 Å². The molecule has 1 aromatic heterocycles. The van der Waals surface area contributed by atoms with E-state index in [1.165, 1.54) is 30.0 Å². The first-order valence-electron chi connectivity index (χ1n) is 9.55. The molecular formula is C23H21FN2O4. The fourth-order valence-electron chi connectivity index (χ4n) is 4.00. The van der Waals surface area contributed by atoms with Gasteiger partial charge in [-0.3, -0.25) is 9.59 Å². The van der Waals surface area contributed by atoms with Crippen LogP contribution in [0.15, 0.2) is 60.0 Å². The minimum atomic E-state index is -0.828. The highest BCUT2D eigenvalue weighted by Gasteiger charge is 2.42. The monoisotopic (exact) mass is 408 g/mol. The van der Waals surface area contributed by atoms with Crippen molar-refractivity contribution < 1.29 is 23.8 Å². The van der Waals surface area contributed by atoms with Crippen LogP contribution in [0, 0.1) is 5.82 Å². The van der Waals surface area contributed by atoms with Crippen molar-refractivity contribution in [2.45, 2.75) is 19.4 Å². The number of aromatic amines is 1. The summed E-state index contributed by atoms with van der Waals surface area (Å²) in [6, 6.07) is 10.6. The Kier molecular flexibility index (Phi) is 5.03. The standard InChI is InChI=1S/C23H21FN2O4/c1-13(27)20-21(14-4-3-5-16(24)10-14)26(23(29)22(20)28)9-8-15-12-25-19-7-6-17(30-2)11-18(15)19/h3-7,10-12,21,25,28H,8-9H2,1-2H3. The molecule has 1 amide bonds. The molecule has 2 heterocycles. The van der Waals surface area contributed by atoms with Crippen LogP contribution in [0.1, 0.15) is 24.1 Å². The molecule has 1 aliphatic heterocycles. The maximum absolute atomic E-state index is 13.8. The lowest BCUT2D eigenvalue weighted by atomic mass is 9.96. The quantitative estimate of drug-likeness (QED) is 0.649. The number of Topliss-reactive ketones (excluding diaryl/α,β-unsaturated/α-hetero) is 1. The number of H-pyrrole nitrogens is 1. The van der Waals surface area contributed by atoms with E-state index in [1.807, 2.05) is 24.4 Å². The third-order valence-corrected chi connectivity index (χ3v) is 5.44. The number of rotatable bonds is 6. The Morgan fingerprint density at radius 3 is 2.77 bits per heavy atom. The summed E-state index contributed by atoms with van der Waals surface area (Å²) in [4.78, 5) is 29.5. The van der Waals surface area contributed by atoms with Gasteiger partial charge in [-0.05, 0) is 54.8 Å². The summed E-state index contributed by atoms with van der Waals surface area (Å²) >= 11 is 0. The maximum Gasteiger partial charge on any atom is 0.290 e. The van der Waals surface area contributed by atoms with E-state index in [2.05, 4.69) is 4.98 Å². The van der Waals surface area contributed by atoms with Gasteiger partial charge in [0.2, 0.25) is 0 Å². The van der Waals surface area contributed by atoms with Crippen molar-refractivity contribution in [3.8, 4) is 5.75 Å². The Morgan fingerprint density at radius 1 is 1.27 bits per heavy atom. The molecule has 4 rings (SSSR count). The lowest BCUT2D eigenvalue weighted by Crippen LogP contribution is -2.33. The summed E-state index contributed by atoms with van der Waals surface area (Å²) in [6.45, 7) is 1.53. The Bertz CT molecular complexity index is 1180. The van der Waals surface area contributed by atoms with Crippen molar-refractivity contribution in [3.63, 3.8) is 0 Å². The molecule has 1 unspecified atom stereocenters. The fourth-order valence-corrected chi connectivity index (χ4v) is 4.00. The predicted molar refractivity (Wildman–Crippen MR) is 110 cm³/mol. The average molecular weight is 408 g/mol. The number of ether oxygens (including phenoxy) is 1. The second-order valence-corrected chi connectivity index (χ2v) is 7.25. The third kappa shape index (κ3) is 3.32. The van der Waals surface area contributed by atoms with Crippen LogP contribution >= 0.6 is 0 Å². The Balaban J connectivity index is 1.67. The summed E-state index contributed by atoms with van der Waals surface area (Å²) in [5.74, 6) is -1.38. The highest BCUT2D eigenvalue weighted by Crippen LogP contribution is 2.38. The largest absolute Gasteiger partial charge is 0.503 e. The van der Waals surface area contributed by atoms with Crippen LogP contribution in [0.2, 0.25) is 0 Å². The molecule has 0 saturated carbocycles. The first-order chi connectivity index (χ1) is 14.4. The normalized spacial score (nSPS) is 16.6. The minimum Gasteiger partial charge on any atom is -0.503 e. The van der Waals surface area contributed by atoms with Crippen LogP contribution in [-0.4, -0.2) is 40.3 Å². The number of halogens is 1. The van der Waals surface area contributed by atoms with E-state index in [4.69, 9.17) is 4.74 Å². The van der Waals surface area contributed by atoms with E-state index in [1.54, 1.807) is 13.2 Å². The van der Waals surface area contributed by atoms with Crippen molar-refractivity contribution in [1.29, 1.82) is 0 Å². The number of benzene rings is 2. The number of aliphatic hydroxyl groups excluding tert-OH is 1. The summed E-state index contributed by atoms with van der Waals surface area (Å²) in [7, 11) is 1.59. The van der Waals surface area contributed by atoms with Gasteiger partial charge in [0, 0.05) is 23.6 Å². The first kappa shape index (κ1) is 19.7. The molecule has 0 radical (unpaired) electrons. The van der Waals surface area contributed by atoms with E-state index in [9.17, 15) is 19.1 Å². The molecule has 1 aliphatic rings. The zero-order valence-corrected chi connectivity index (χ0v) is 16.6. The fraction of sp³-hybridized carbons (Fsp3) is 0.217. The first-order valence-corrected chi connectivity index (χ1v) is 9.55. The maximum atomic E-state index is 13.8. The number of carbonyl (C=O) groups excluding carboxylic acids is 2. The number of carbonyl (C=O) groups is 2. The van der Waals surface area contributed by atoms with Gasteiger partial charge in [0.05, 0.1) is 18.7 Å². The van der Waals surface area contributed by atoms with Gasteiger partial charge in [0.15, 0.2) is 11.5 Å². The number of hydrogen-bond donors (Lipinski definition) is 2. The Labute approximate surface area is 172 Å². The van der Waals surface area contributed by atoms with Crippen LogP contribution in [0.5, 0.6) is 5.75 Å². The van der Waals surface area contributed by atoms with Crippen molar-refractivity contribution in [1.82, 2.24) is 9.88 Å². The number of methoxy groups -OCH3 is 1. The number of amides is 1. The Hall–Kier alpha value is -3.61. The number of ketones is 1. The summed E-state index contributed by atoms with van der Waals surface area (Å²) in [6.07, 6.45) is 2.34. The molecule has 2 aromatic carbocycles. The molecule has 0 spiro atoms. The molecule has 0 aliphatic carbocycles. The second-order valence-electron chi connectivity index (χ2n) is 7.25. The van der Waals surface area contributed by atoms with E-state index in [0.717, 1.165) is 22.2 Å². The van der Waals surface area contributed by atoms with E-state index < -0.39 is 29.3 Å². The van der Waals surface area contributed by atoms with Crippen LogP contribution in [-0.2, 0) is 16.0 Å². The number of nitrogens with one attached hydrogen (secondary N) is 1. The average Bonchev–Trinajstić information content (AvgIpc) is 3.24. The number of hydrogen-bond acceptors (Lipinski definition) is 4. The molecule has 30 heavy (non-hydrogen) atoms. The zero-order chi connectivity index (χ0) is 21.4. The van der Waals surface area contributed by atoms with Crippen LogP contribution < -0.4 is 4.74 Å². The lowest BCUT2D eigenvalue weighted by Gasteiger charge is -2.26. The van der Waals surface area contributed by atoms with Gasteiger partial charge in [-0.2, -0.15) is 0 Å². The van der Waals surface area contributed by atoms with Crippen LogP contribution in [0.25, 0.3) is 10.9 Å². The second kappa shape index (κ2) is 7.67. The zero-order valence-electron chi connectivity index (χ0n) is 16.6. The molecule has 0 saturated heterocycles. The van der Waals surface area contributed by atoms with Crippen molar-refractivity contribution >= 4 is 22.6 Å². The van der Waals surface area contributed by atoms with Crippen molar-refractivity contribution in [2.75, 3.05) is 13.7 Å². The van der Waals surface area contributed by atoms with Gasteiger partial charge in [-0.1, -0.05) is 12.1 Å². The smallest absolute Gasteiger partial charge is 0.290 e. The summed E-state index contributed by atoms with van der Waals surface area (Å²) < 4.78 is 19.1. The van der Waals surface area contributed by atoms with E-state index >= 15 is 0 Å². The van der Waals surface area contributed by atoms with Gasteiger partial charge in [0.1, 0.15) is 11.6 Å². The third-order valence-electron chi connectivity index (χ3n) is 5.44. The molecule has 2 N–H and O–H groups in total. The van der Waals surface area contributed by atoms with Crippen molar-refractivity contribution in [3.05, 3.63) is 76.9 Å². The molecule has 7 heteroatoms. The molecule has 0 bridgehead atoms. The molecule has 0 fully saturated rings. The molecule has 6 nitrogen and oxygen atoms in total. The summed E-state index contributed by atoms with van der Waals surface area (Å²) in [5, 5.41) is 11.3. The highest BCUT2D eigenvalue weighted by molar-refractivity contribution is 6.08.